The number of ether oxygens (including phenoxy) is 2. The minimum atomic E-state index is -4.24. The predicted molar refractivity (Wildman–Crippen MR) is 155 cm³/mol. The molecule has 0 saturated heterocycles. The molecule has 0 spiro atoms. The highest BCUT2D eigenvalue weighted by molar-refractivity contribution is 7.92. The number of carbonyl (C=O) groups is 2. The molecule has 2 amide bonds. The second-order valence-corrected chi connectivity index (χ2v) is 11.4. The molecule has 11 heteroatoms. The molecule has 0 aliphatic heterocycles. The lowest BCUT2D eigenvalue weighted by atomic mass is 10.1. The number of methoxy groups -OCH3 is 2. The normalized spacial score (nSPS) is 12.6. The fourth-order valence-corrected chi connectivity index (χ4v) is 5.49. The molecule has 0 aliphatic carbocycles. The highest BCUT2D eigenvalue weighted by Crippen LogP contribution is 2.34. The van der Waals surface area contributed by atoms with Crippen molar-refractivity contribution in [2.24, 2.45) is 0 Å². The number of halogens is 1. The summed E-state index contributed by atoms with van der Waals surface area (Å²) < 4.78 is 53.0. The zero-order valence-corrected chi connectivity index (χ0v) is 24.7. The minimum Gasteiger partial charge on any atom is -0.493 e. The lowest BCUT2D eigenvalue weighted by molar-refractivity contribution is -0.139. The number of sulfonamides is 1. The molecule has 2 atom stereocenters. The lowest BCUT2D eigenvalue weighted by Crippen LogP contribution is -2.52. The maximum Gasteiger partial charge on any atom is 0.264 e. The summed E-state index contributed by atoms with van der Waals surface area (Å²) in [7, 11) is -1.36. The molecule has 3 aromatic rings. The summed E-state index contributed by atoms with van der Waals surface area (Å²) >= 11 is 0. The van der Waals surface area contributed by atoms with Crippen molar-refractivity contribution in [3.05, 3.63) is 84.2 Å². The molecular formula is C30H36FN3O6S. The number of anilines is 1. The summed E-state index contributed by atoms with van der Waals surface area (Å²) in [6, 6.07) is 16.7. The molecule has 0 heterocycles. The standard InChI is InChI=1S/C30H36FN3O6S/c1-6-21(2)32-30(36)22(3)33(19-23-12-14-24(31)15-13-23)29(35)20-34(41(37,38)26-10-8-7-9-11-26)25-16-17-27(39-4)28(18-25)40-5/h7-18,21-22H,6,19-20H2,1-5H3,(H,32,36)/t21-,22+/m0/s1. The summed E-state index contributed by atoms with van der Waals surface area (Å²) in [5, 5.41) is 2.87. The minimum absolute atomic E-state index is 0.0183. The van der Waals surface area contributed by atoms with Gasteiger partial charge in [0.1, 0.15) is 18.4 Å². The fraction of sp³-hybridized carbons (Fsp3) is 0.333. The Balaban J connectivity index is 2.06. The Labute approximate surface area is 240 Å². The molecule has 0 saturated carbocycles. The molecule has 220 valence electrons. The molecule has 0 aliphatic rings. The quantitative estimate of drug-likeness (QED) is 0.320. The van der Waals surface area contributed by atoms with Gasteiger partial charge >= 0.3 is 0 Å². The van der Waals surface area contributed by atoms with Gasteiger partial charge < -0.3 is 19.7 Å². The SMILES string of the molecule is CC[C@H](C)NC(=O)[C@@H](C)N(Cc1ccc(F)cc1)C(=O)CN(c1ccc(OC)c(OC)c1)S(=O)(=O)c1ccccc1. The van der Waals surface area contributed by atoms with Gasteiger partial charge in [-0.15, -0.1) is 0 Å². The number of benzene rings is 3. The van der Waals surface area contributed by atoms with E-state index in [2.05, 4.69) is 5.32 Å². The molecule has 9 nitrogen and oxygen atoms in total. The first-order valence-electron chi connectivity index (χ1n) is 13.2. The average molecular weight is 586 g/mol. The van der Waals surface area contributed by atoms with Gasteiger partial charge in [0.15, 0.2) is 11.5 Å². The highest BCUT2D eigenvalue weighted by Gasteiger charge is 2.33. The molecule has 0 bridgehead atoms. The molecule has 1 N–H and O–H groups in total. The first kappa shape index (κ1) is 31.4. The van der Waals surface area contributed by atoms with E-state index in [1.165, 1.54) is 67.7 Å². The van der Waals surface area contributed by atoms with E-state index in [1.54, 1.807) is 31.2 Å². The van der Waals surface area contributed by atoms with Crippen molar-refractivity contribution in [2.75, 3.05) is 25.1 Å². The number of hydrogen-bond donors (Lipinski definition) is 1. The van der Waals surface area contributed by atoms with Gasteiger partial charge in [0.05, 0.1) is 24.8 Å². The van der Waals surface area contributed by atoms with Crippen molar-refractivity contribution in [1.82, 2.24) is 10.2 Å². The van der Waals surface area contributed by atoms with Gasteiger partial charge in [-0.2, -0.15) is 0 Å². The molecule has 3 rings (SSSR count). The van der Waals surface area contributed by atoms with Crippen LogP contribution in [-0.4, -0.2) is 58.0 Å². The summed E-state index contributed by atoms with van der Waals surface area (Å²) in [5.74, 6) is -0.806. The Bertz CT molecular complexity index is 1430. The molecule has 0 fully saturated rings. The molecule has 0 unspecified atom stereocenters. The summed E-state index contributed by atoms with van der Waals surface area (Å²) in [6.07, 6.45) is 0.687. The first-order chi connectivity index (χ1) is 19.5. The maximum absolute atomic E-state index is 14.0. The van der Waals surface area contributed by atoms with Crippen molar-refractivity contribution in [3.63, 3.8) is 0 Å². The van der Waals surface area contributed by atoms with Crippen LogP contribution in [0, 0.1) is 5.82 Å². The van der Waals surface area contributed by atoms with Crippen LogP contribution in [0.2, 0.25) is 0 Å². The van der Waals surface area contributed by atoms with Crippen molar-refractivity contribution in [1.29, 1.82) is 0 Å². The van der Waals surface area contributed by atoms with Gasteiger partial charge in [0.2, 0.25) is 11.8 Å². The third-order valence-corrected chi connectivity index (χ3v) is 8.49. The third-order valence-electron chi connectivity index (χ3n) is 6.70. The van der Waals surface area contributed by atoms with E-state index in [0.29, 0.717) is 17.7 Å². The largest absolute Gasteiger partial charge is 0.493 e. The van der Waals surface area contributed by atoms with E-state index in [1.807, 2.05) is 13.8 Å². The Morgan fingerprint density at radius 2 is 1.56 bits per heavy atom. The van der Waals surface area contributed by atoms with Crippen LogP contribution in [0.5, 0.6) is 11.5 Å². The van der Waals surface area contributed by atoms with Gasteiger partial charge in [-0.05, 0) is 62.2 Å². The van der Waals surface area contributed by atoms with E-state index in [-0.39, 0.29) is 28.9 Å². The van der Waals surface area contributed by atoms with Gasteiger partial charge in [-0.25, -0.2) is 12.8 Å². The highest BCUT2D eigenvalue weighted by atomic mass is 32.2. The van der Waals surface area contributed by atoms with Crippen LogP contribution < -0.4 is 19.1 Å². The number of hydrogen-bond acceptors (Lipinski definition) is 6. The molecular weight excluding hydrogens is 549 g/mol. The van der Waals surface area contributed by atoms with Crippen LogP contribution in [-0.2, 0) is 26.2 Å². The van der Waals surface area contributed by atoms with Gasteiger partial charge in [0, 0.05) is 18.7 Å². The van der Waals surface area contributed by atoms with Gasteiger partial charge in [0.25, 0.3) is 10.0 Å². The first-order valence-corrected chi connectivity index (χ1v) is 14.6. The summed E-state index contributed by atoms with van der Waals surface area (Å²) in [5.41, 5.74) is 0.741. The summed E-state index contributed by atoms with van der Waals surface area (Å²) in [6.45, 7) is 4.69. The summed E-state index contributed by atoms with van der Waals surface area (Å²) in [4.78, 5) is 28.3. The predicted octanol–water partition coefficient (Wildman–Crippen LogP) is 4.37. The number of rotatable bonds is 13. The van der Waals surface area contributed by atoms with Crippen molar-refractivity contribution in [2.45, 2.75) is 50.7 Å². The second-order valence-electron chi connectivity index (χ2n) is 9.51. The third kappa shape index (κ3) is 7.75. The number of carbonyl (C=O) groups excluding carboxylic acids is 2. The molecule has 3 aromatic carbocycles. The average Bonchev–Trinajstić information content (AvgIpc) is 2.98. The van der Waals surface area contributed by atoms with E-state index < -0.39 is 40.2 Å². The topological polar surface area (TPSA) is 105 Å². The Morgan fingerprint density at radius 3 is 2.15 bits per heavy atom. The van der Waals surface area contributed by atoms with Crippen LogP contribution >= 0.6 is 0 Å². The van der Waals surface area contributed by atoms with E-state index in [0.717, 1.165) is 4.31 Å². The van der Waals surface area contributed by atoms with E-state index >= 15 is 0 Å². The van der Waals surface area contributed by atoms with Crippen LogP contribution in [0.15, 0.2) is 77.7 Å². The Hall–Kier alpha value is -4.12. The van der Waals surface area contributed by atoms with Crippen molar-refractivity contribution in [3.8, 4) is 11.5 Å². The molecule has 0 aromatic heterocycles. The van der Waals surface area contributed by atoms with Gasteiger partial charge in [-0.1, -0.05) is 37.3 Å². The fourth-order valence-electron chi connectivity index (χ4n) is 4.06. The number of amides is 2. The zero-order valence-electron chi connectivity index (χ0n) is 23.8. The Morgan fingerprint density at radius 1 is 0.927 bits per heavy atom. The lowest BCUT2D eigenvalue weighted by Gasteiger charge is -2.32. The second kappa shape index (κ2) is 14.0. The van der Waals surface area contributed by atoms with Crippen LogP contribution in [0.3, 0.4) is 0 Å². The monoisotopic (exact) mass is 585 g/mol. The van der Waals surface area contributed by atoms with Crippen LogP contribution in [0.25, 0.3) is 0 Å². The van der Waals surface area contributed by atoms with E-state index in [4.69, 9.17) is 9.47 Å². The van der Waals surface area contributed by atoms with Gasteiger partial charge in [-0.3, -0.25) is 13.9 Å². The van der Waals surface area contributed by atoms with Crippen LogP contribution in [0.4, 0.5) is 10.1 Å². The number of nitrogens with zero attached hydrogens (tertiary/aromatic N) is 2. The molecule has 0 radical (unpaired) electrons. The van der Waals surface area contributed by atoms with E-state index in [9.17, 15) is 22.4 Å². The number of nitrogens with one attached hydrogen (secondary N) is 1. The maximum atomic E-state index is 14.0. The van der Waals surface area contributed by atoms with Crippen molar-refractivity contribution < 1.29 is 31.9 Å². The smallest absolute Gasteiger partial charge is 0.264 e. The molecule has 41 heavy (non-hydrogen) atoms. The van der Waals surface area contributed by atoms with Crippen molar-refractivity contribution >= 4 is 27.5 Å². The van der Waals surface area contributed by atoms with Crippen LogP contribution in [0.1, 0.15) is 32.8 Å². The zero-order chi connectivity index (χ0) is 30.2. The Kier molecular flexibility index (Phi) is 10.7.